The minimum atomic E-state index is -2.99. The Labute approximate surface area is 176 Å². The third kappa shape index (κ3) is 2.33. The second-order valence-corrected chi connectivity index (χ2v) is 8.15. The smallest absolute Gasteiger partial charge is 0.209 e. The molecule has 0 saturated carbocycles. The highest BCUT2D eigenvalue weighted by Gasteiger charge is 2.65. The number of aryl methyl sites for hydroxylation is 2. The Kier molecular flexibility index (Phi) is 4.31. The molecule has 2 aliphatic rings. The molecule has 0 fully saturated rings. The third-order valence-electron chi connectivity index (χ3n) is 6.51. The first-order chi connectivity index (χ1) is 14.4. The lowest BCUT2D eigenvalue weighted by Gasteiger charge is -2.47. The molecule has 7 N–H and O–H groups in total. The molecule has 3 unspecified atom stereocenters. The van der Waals surface area contributed by atoms with Crippen molar-refractivity contribution in [3.05, 3.63) is 45.7 Å². The summed E-state index contributed by atoms with van der Waals surface area (Å²) in [6.07, 6.45) is -1.74. The van der Waals surface area contributed by atoms with E-state index in [1.54, 1.807) is 26.0 Å². The zero-order valence-electron chi connectivity index (χ0n) is 16.9. The number of aliphatic hydroxyl groups excluding tert-OH is 2. The molecule has 2 aliphatic carbocycles. The van der Waals surface area contributed by atoms with E-state index in [9.17, 15) is 39.9 Å². The lowest BCUT2D eigenvalue weighted by Crippen LogP contribution is -2.66. The molecule has 0 radical (unpaired) electrons. The minimum Gasteiger partial charge on any atom is -0.510 e. The summed E-state index contributed by atoms with van der Waals surface area (Å²) < 4.78 is 0. The maximum Gasteiger partial charge on any atom is 0.209 e. The van der Waals surface area contributed by atoms with E-state index in [0.717, 1.165) is 6.92 Å². The maximum atomic E-state index is 13.5. The first-order valence-corrected chi connectivity index (χ1v) is 9.54. The number of Topliss-reactive ketones (excluding diaryl/α,β-unsaturated/α-hetero) is 3. The van der Waals surface area contributed by atoms with Gasteiger partial charge in [-0.3, -0.25) is 14.4 Å². The number of benzene rings is 2. The van der Waals surface area contributed by atoms with E-state index in [2.05, 4.69) is 0 Å². The topological polar surface area (TPSA) is 178 Å². The zero-order chi connectivity index (χ0) is 23.2. The van der Waals surface area contributed by atoms with E-state index in [1.165, 1.54) is 0 Å². The van der Waals surface area contributed by atoms with Gasteiger partial charge in [-0.05, 0) is 42.8 Å². The first kappa shape index (κ1) is 21.0. The lowest BCUT2D eigenvalue weighted by molar-refractivity contribution is -0.145. The molecule has 31 heavy (non-hydrogen) atoms. The summed E-state index contributed by atoms with van der Waals surface area (Å²) in [6.45, 7) is 4.09. The van der Waals surface area contributed by atoms with Crippen LogP contribution in [0.15, 0.2) is 23.5 Å². The van der Waals surface area contributed by atoms with Crippen LogP contribution in [-0.2, 0) is 9.59 Å². The van der Waals surface area contributed by atoms with E-state index in [4.69, 9.17) is 5.73 Å². The van der Waals surface area contributed by atoms with Crippen molar-refractivity contribution >= 4 is 28.1 Å². The molecule has 0 spiro atoms. The quantitative estimate of drug-likeness (QED) is 0.283. The number of carbonyl (C=O) groups is 3. The molecule has 2 aromatic rings. The number of hydrogen-bond donors (Lipinski definition) is 6. The van der Waals surface area contributed by atoms with Crippen LogP contribution >= 0.6 is 0 Å². The molecule has 4 rings (SSSR count). The fourth-order valence-corrected chi connectivity index (χ4v) is 4.88. The van der Waals surface area contributed by atoms with Crippen LogP contribution in [-0.4, -0.2) is 54.5 Å². The second kappa shape index (κ2) is 6.36. The molecule has 0 saturated heterocycles. The van der Waals surface area contributed by atoms with Crippen molar-refractivity contribution in [2.24, 2.45) is 11.7 Å². The highest BCUT2D eigenvalue weighted by atomic mass is 16.3. The Hall–Kier alpha value is -3.27. The van der Waals surface area contributed by atoms with Gasteiger partial charge < -0.3 is 31.3 Å². The van der Waals surface area contributed by atoms with Crippen LogP contribution in [0.2, 0.25) is 0 Å². The Morgan fingerprint density at radius 3 is 2.26 bits per heavy atom. The van der Waals surface area contributed by atoms with Crippen LogP contribution in [0.25, 0.3) is 10.8 Å². The van der Waals surface area contributed by atoms with Crippen LogP contribution in [0.1, 0.15) is 40.1 Å². The number of aliphatic hydroxyl groups is 3. The highest BCUT2D eigenvalue weighted by Crippen LogP contribution is 2.53. The second-order valence-electron chi connectivity index (χ2n) is 8.15. The highest BCUT2D eigenvalue weighted by molar-refractivity contribution is 6.33. The van der Waals surface area contributed by atoms with Crippen LogP contribution in [0, 0.1) is 19.8 Å². The number of nitrogens with two attached hydrogens (primary N) is 1. The summed E-state index contributed by atoms with van der Waals surface area (Å²) in [4.78, 5) is 38.4. The lowest BCUT2D eigenvalue weighted by atomic mass is 9.59. The molecule has 0 aliphatic heterocycles. The Bertz CT molecular complexity index is 1260. The monoisotopic (exact) mass is 427 g/mol. The van der Waals surface area contributed by atoms with Gasteiger partial charge in [0.05, 0.1) is 29.0 Å². The Balaban J connectivity index is 2.13. The third-order valence-corrected chi connectivity index (χ3v) is 6.51. The van der Waals surface area contributed by atoms with Crippen LogP contribution in [0.3, 0.4) is 0 Å². The predicted molar refractivity (Wildman–Crippen MR) is 108 cm³/mol. The van der Waals surface area contributed by atoms with Gasteiger partial charge in [0.1, 0.15) is 22.8 Å². The van der Waals surface area contributed by atoms with Gasteiger partial charge in [0.2, 0.25) is 11.6 Å². The zero-order valence-corrected chi connectivity index (χ0v) is 16.9. The predicted octanol–water partition coefficient (Wildman–Crippen LogP) is 0.756. The van der Waals surface area contributed by atoms with Gasteiger partial charge >= 0.3 is 0 Å². The van der Waals surface area contributed by atoms with Crippen LogP contribution in [0.4, 0.5) is 0 Å². The number of phenolic OH excluding ortho intramolecular Hbond substituents is 2. The van der Waals surface area contributed by atoms with Crippen molar-refractivity contribution in [3.8, 4) is 11.5 Å². The van der Waals surface area contributed by atoms with E-state index in [1.807, 2.05) is 0 Å². The number of carbonyl (C=O) groups excluding carboxylic acids is 3. The average molecular weight is 427 g/mol. The van der Waals surface area contributed by atoms with Crippen molar-refractivity contribution in [1.29, 1.82) is 0 Å². The fourth-order valence-electron chi connectivity index (χ4n) is 4.88. The summed E-state index contributed by atoms with van der Waals surface area (Å²) >= 11 is 0. The van der Waals surface area contributed by atoms with Crippen LogP contribution in [0.5, 0.6) is 11.5 Å². The van der Waals surface area contributed by atoms with E-state index >= 15 is 0 Å². The molecule has 0 heterocycles. The molecule has 162 valence electrons. The Morgan fingerprint density at radius 1 is 1.06 bits per heavy atom. The van der Waals surface area contributed by atoms with Crippen molar-refractivity contribution in [1.82, 2.24) is 0 Å². The summed E-state index contributed by atoms with van der Waals surface area (Å²) in [5.41, 5.74) is 2.27. The van der Waals surface area contributed by atoms with Gasteiger partial charge in [-0.2, -0.15) is 0 Å². The number of hydrogen-bond acceptors (Lipinski definition) is 9. The fraction of sp³-hybridized carbons (Fsp3) is 0.318. The number of aromatic hydroxyl groups is 2. The van der Waals surface area contributed by atoms with Crippen molar-refractivity contribution in [2.75, 3.05) is 0 Å². The molecule has 4 atom stereocenters. The first-order valence-electron chi connectivity index (χ1n) is 9.54. The van der Waals surface area contributed by atoms with Crippen molar-refractivity contribution in [2.45, 2.75) is 38.5 Å². The normalized spacial score (nSPS) is 28.0. The maximum absolute atomic E-state index is 13.5. The van der Waals surface area contributed by atoms with Crippen molar-refractivity contribution in [3.63, 3.8) is 0 Å². The van der Waals surface area contributed by atoms with E-state index in [-0.39, 0.29) is 16.7 Å². The standard InChI is InChI=1S/C22H21NO8/c1-6-4-5-9-7(2)10-13(17(26)12(9)16(6)25)21(30)22(31)14(18(10)27)15(23)19(28)11(8(3)24)20(22)29/h4-5,14-15,18,25-28,31H,23H2,1-3H3/t14?,15-,18?,22?/m1/s1. The molecule has 9 nitrogen and oxygen atoms in total. The van der Waals surface area contributed by atoms with Gasteiger partial charge in [0.15, 0.2) is 11.4 Å². The van der Waals surface area contributed by atoms with Crippen molar-refractivity contribution < 1.29 is 39.9 Å². The molecular weight excluding hydrogens is 406 g/mol. The van der Waals surface area contributed by atoms with Gasteiger partial charge in [0, 0.05) is 0 Å². The van der Waals surface area contributed by atoms with Gasteiger partial charge in [-0.15, -0.1) is 0 Å². The number of fused-ring (bicyclic) bond motifs is 3. The average Bonchev–Trinajstić information content (AvgIpc) is 2.69. The van der Waals surface area contributed by atoms with Gasteiger partial charge in [-0.25, -0.2) is 0 Å². The molecule has 0 amide bonds. The van der Waals surface area contributed by atoms with Gasteiger partial charge in [-0.1, -0.05) is 12.1 Å². The molecule has 9 heteroatoms. The van der Waals surface area contributed by atoms with E-state index in [0.29, 0.717) is 16.5 Å². The number of phenols is 2. The minimum absolute atomic E-state index is 0.0726. The summed E-state index contributed by atoms with van der Waals surface area (Å²) in [5.74, 6) is -7.11. The molecule has 0 aromatic heterocycles. The number of ketones is 3. The Morgan fingerprint density at radius 2 is 1.68 bits per heavy atom. The molecular formula is C22H21NO8. The summed E-state index contributed by atoms with van der Waals surface area (Å²) in [6, 6.07) is 1.58. The van der Waals surface area contributed by atoms with Crippen LogP contribution < -0.4 is 5.73 Å². The van der Waals surface area contributed by atoms with Gasteiger partial charge in [0.25, 0.3) is 0 Å². The largest absolute Gasteiger partial charge is 0.510 e. The summed E-state index contributed by atoms with van der Waals surface area (Å²) in [7, 11) is 0. The van der Waals surface area contributed by atoms with E-state index < -0.39 is 63.7 Å². The summed E-state index contributed by atoms with van der Waals surface area (Å²) in [5, 5.41) is 54.4. The SMILES string of the molecule is CC(=O)C1=C(O)[C@H](N)C2C(O)c3c(c(O)c4c(O)c(C)ccc4c3C)C(=O)C2(O)C1=O. The number of rotatable bonds is 1. The molecule has 0 bridgehead atoms. The molecule has 2 aromatic carbocycles.